The van der Waals surface area contributed by atoms with E-state index < -0.39 is 35.0 Å². The Morgan fingerprint density at radius 1 is 1.00 bits per heavy atom. The van der Waals surface area contributed by atoms with E-state index in [1.165, 1.54) is 6.07 Å². The maximum Gasteiger partial charge on any atom is 0.252 e. The first-order valence-electron chi connectivity index (χ1n) is 6.86. The smallest absolute Gasteiger partial charge is 0.252 e. The van der Waals surface area contributed by atoms with Gasteiger partial charge in [-0.3, -0.25) is 9.59 Å². The van der Waals surface area contributed by atoms with E-state index in [0.29, 0.717) is 6.07 Å². The summed E-state index contributed by atoms with van der Waals surface area (Å²) in [4.78, 5) is 23.5. The number of benzene rings is 2. The summed E-state index contributed by atoms with van der Waals surface area (Å²) in [6.45, 7) is -0.0405. The van der Waals surface area contributed by atoms with Gasteiger partial charge in [0.15, 0.2) is 17.5 Å². The van der Waals surface area contributed by atoms with Crippen LogP contribution in [0.15, 0.2) is 36.4 Å². The zero-order valence-electron chi connectivity index (χ0n) is 12.2. The third-order valence-electron chi connectivity index (χ3n) is 3.07. The lowest BCUT2D eigenvalue weighted by atomic mass is 10.2. The molecular weight excluding hydrogens is 345 g/mol. The van der Waals surface area contributed by atoms with Crippen LogP contribution >= 0.6 is 11.6 Å². The first kappa shape index (κ1) is 17.8. The Bertz CT molecular complexity index is 784. The van der Waals surface area contributed by atoms with Gasteiger partial charge in [0.1, 0.15) is 0 Å². The maximum absolute atomic E-state index is 13.4. The summed E-state index contributed by atoms with van der Waals surface area (Å²) < 4.78 is 39.3. The van der Waals surface area contributed by atoms with Crippen molar-refractivity contribution in [3.8, 4) is 0 Å². The van der Waals surface area contributed by atoms with Crippen LogP contribution < -0.4 is 10.6 Å². The van der Waals surface area contributed by atoms with Crippen molar-refractivity contribution in [1.29, 1.82) is 0 Å². The molecule has 0 atom stereocenters. The Labute approximate surface area is 140 Å². The summed E-state index contributed by atoms with van der Waals surface area (Å²) in [6.07, 6.45) is -0.186. The molecule has 2 aromatic carbocycles. The van der Waals surface area contributed by atoms with Gasteiger partial charge in [0.25, 0.3) is 5.91 Å². The quantitative estimate of drug-likeness (QED) is 0.805. The molecule has 0 bridgehead atoms. The topological polar surface area (TPSA) is 58.2 Å². The molecule has 126 valence electrons. The van der Waals surface area contributed by atoms with Gasteiger partial charge in [-0.05, 0) is 24.3 Å². The number of nitrogens with one attached hydrogen (secondary N) is 2. The number of hydrogen-bond donors (Lipinski definition) is 2. The maximum atomic E-state index is 13.4. The van der Waals surface area contributed by atoms with Crippen LogP contribution in [0.1, 0.15) is 16.8 Å². The zero-order valence-corrected chi connectivity index (χ0v) is 13.0. The molecule has 0 saturated heterocycles. The van der Waals surface area contributed by atoms with Gasteiger partial charge in [-0.2, -0.15) is 0 Å². The molecule has 0 spiro atoms. The normalized spacial score (nSPS) is 10.3. The number of carbonyl (C=O) groups excluding carboxylic acids is 2. The van der Waals surface area contributed by atoms with Crippen LogP contribution in [0.25, 0.3) is 0 Å². The molecule has 8 heteroatoms. The molecule has 2 aromatic rings. The van der Waals surface area contributed by atoms with Crippen LogP contribution in [0, 0.1) is 17.5 Å². The van der Waals surface area contributed by atoms with Gasteiger partial charge in [-0.25, -0.2) is 13.2 Å². The highest BCUT2D eigenvalue weighted by molar-refractivity contribution is 6.33. The Morgan fingerprint density at radius 3 is 2.42 bits per heavy atom. The Morgan fingerprint density at radius 2 is 1.71 bits per heavy atom. The second kappa shape index (κ2) is 7.83. The largest absolute Gasteiger partial charge is 0.351 e. The SMILES string of the molecule is O=C(CCNC(=O)c1ccccc1Cl)Nc1ccc(F)c(F)c1F. The number of hydrogen-bond acceptors (Lipinski definition) is 2. The van der Waals surface area contributed by atoms with Gasteiger partial charge in [0.2, 0.25) is 5.91 Å². The fourth-order valence-corrected chi connectivity index (χ4v) is 2.09. The van der Waals surface area contributed by atoms with Crippen molar-refractivity contribution in [1.82, 2.24) is 5.32 Å². The van der Waals surface area contributed by atoms with Crippen LogP contribution in [-0.4, -0.2) is 18.4 Å². The zero-order chi connectivity index (χ0) is 17.7. The van der Waals surface area contributed by atoms with Crippen molar-refractivity contribution in [2.24, 2.45) is 0 Å². The number of amides is 2. The van der Waals surface area contributed by atoms with Crippen molar-refractivity contribution in [3.63, 3.8) is 0 Å². The van der Waals surface area contributed by atoms with Crippen molar-refractivity contribution in [2.75, 3.05) is 11.9 Å². The predicted molar refractivity (Wildman–Crippen MR) is 83.3 cm³/mol. The highest BCUT2D eigenvalue weighted by Crippen LogP contribution is 2.19. The van der Waals surface area contributed by atoms with Crippen LogP contribution in [0.3, 0.4) is 0 Å². The molecule has 0 heterocycles. The standard InChI is InChI=1S/C16H12ClF3N2O2/c17-10-4-2-1-3-9(10)16(24)21-8-7-13(23)22-12-6-5-11(18)14(19)15(12)20/h1-6H,7-8H2,(H,21,24)(H,22,23). The van der Waals surface area contributed by atoms with Gasteiger partial charge in [0, 0.05) is 13.0 Å². The van der Waals surface area contributed by atoms with Crippen molar-refractivity contribution >= 4 is 29.1 Å². The molecule has 0 radical (unpaired) electrons. The van der Waals surface area contributed by atoms with Crippen molar-refractivity contribution in [2.45, 2.75) is 6.42 Å². The first-order chi connectivity index (χ1) is 11.4. The van der Waals surface area contributed by atoms with E-state index in [2.05, 4.69) is 10.6 Å². The van der Waals surface area contributed by atoms with Crippen LogP contribution in [0.4, 0.5) is 18.9 Å². The number of carbonyl (C=O) groups is 2. The van der Waals surface area contributed by atoms with E-state index in [1.54, 1.807) is 18.2 Å². The third kappa shape index (κ3) is 4.26. The number of rotatable bonds is 5. The molecule has 0 aliphatic carbocycles. The fourth-order valence-electron chi connectivity index (χ4n) is 1.87. The lowest BCUT2D eigenvalue weighted by Gasteiger charge is -2.09. The lowest BCUT2D eigenvalue weighted by molar-refractivity contribution is -0.116. The van der Waals surface area contributed by atoms with E-state index >= 15 is 0 Å². The summed E-state index contributed by atoms with van der Waals surface area (Å²) >= 11 is 5.86. The average molecular weight is 357 g/mol. The lowest BCUT2D eigenvalue weighted by Crippen LogP contribution is -2.28. The average Bonchev–Trinajstić information content (AvgIpc) is 2.55. The minimum Gasteiger partial charge on any atom is -0.351 e. The molecule has 0 aromatic heterocycles. The molecule has 2 rings (SSSR count). The number of anilines is 1. The summed E-state index contributed by atoms with van der Waals surface area (Å²) in [5, 5.41) is 4.85. The fraction of sp³-hybridized carbons (Fsp3) is 0.125. The summed E-state index contributed by atoms with van der Waals surface area (Å²) in [7, 11) is 0. The highest BCUT2D eigenvalue weighted by atomic mass is 35.5. The van der Waals surface area contributed by atoms with Crippen LogP contribution in [0.5, 0.6) is 0 Å². The summed E-state index contributed by atoms with van der Waals surface area (Å²) in [6, 6.07) is 7.99. The molecule has 2 N–H and O–H groups in total. The molecule has 2 amide bonds. The van der Waals surface area contributed by atoms with Crippen molar-refractivity contribution in [3.05, 3.63) is 64.4 Å². The minimum atomic E-state index is -1.67. The number of halogens is 4. The molecular formula is C16H12ClF3N2O2. The third-order valence-corrected chi connectivity index (χ3v) is 3.39. The van der Waals surface area contributed by atoms with E-state index in [1.807, 2.05) is 0 Å². The van der Waals surface area contributed by atoms with E-state index in [4.69, 9.17) is 11.6 Å². The molecule has 0 aliphatic rings. The molecule has 24 heavy (non-hydrogen) atoms. The Balaban J connectivity index is 1.87. The molecule has 0 unspecified atom stereocenters. The molecule has 4 nitrogen and oxygen atoms in total. The Hall–Kier alpha value is -2.54. The second-order valence-corrected chi connectivity index (χ2v) is 5.16. The molecule has 0 saturated carbocycles. The summed E-state index contributed by atoms with van der Waals surface area (Å²) in [5.74, 6) is -5.63. The Kier molecular flexibility index (Phi) is 5.81. The van der Waals surface area contributed by atoms with Gasteiger partial charge >= 0.3 is 0 Å². The second-order valence-electron chi connectivity index (χ2n) is 4.76. The van der Waals surface area contributed by atoms with E-state index in [-0.39, 0.29) is 23.6 Å². The highest BCUT2D eigenvalue weighted by Gasteiger charge is 2.15. The van der Waals surface area contributed by atoms with Crippen molar-refractivity contribution < 1.29 is 22.8 Å². The van der Waals surface area contributed by atoms with Gasteiger partial charge in [-0.15, -0.1) is 0 Å². The minimum absolute atomic E-state index is 0.0405. The monoisotopic (exact) mass is 356 g/mol. The molecule has 0 aliphatic heterocycles. The van der Waals surface area contributed by atoms with Crippen LogP contribution in [-0.2, 0) is 4.79 Å². The van der Waals surface area contributed by atoms with Crippen LogP contribution in [0.2, 0.25) is 5.02 Å². The van der Waals surface area contributed by atoms with E-state index in [9.17, 15) is 22.8 Å². The predicted octanol–water partition coefficient (Wildman–Crippen LogP) is 3.52. The van der Waals surface area contributed by atoms with Gasteiger partial charge < -0.3 is 10.6 Å². The van der Waals surface area contributed by atoms with Gasteiger partial charge in [0.05, 0.1) is 16.3 Å². The van der Waals surface area contributed by atoms with Gasteiger partial charge in [-0.1, -0.05) is 23.7 Å². The first-order valence-corrected chi connectivity index (χ1v) is 7.24. The summed E-state index contributed by atoms with van der Waals surface area (Å²) in [5.41, 5.74) is -0.220. The molecule has 0 fully saturated rings. The van der Waals surface area contributed by atoms with E-state index in [0.717, 1.165) is 6.07 Å².